The summed E-state index contributed by atoms with van der Waals surface area (Å²) in [5.74, 6) is -0.134. The molecule has 1 amide bonds. The van der Waals surface area contributed by atoms with Gasteiger partial charge in [0.2, 0.25) is 5.91 Å². The second kappa shape index (κ2) is 5.83. The van der Waals surface area contributed by atoms with Crippen LogP contribution in [0, 0.1) is 13.8 Å². The second-order valence-corrected chi connectivity index (χ2v) is 4.80. The van der Waals surface area contributed by atoms with E-state index in [4.69, 9.17) is 5.73 Å². The van der Waals surface area contributed by atoms with Gasteiger partial charge in [-0.1, -0.05) is 22.9 Å². The zero-order chi connectivity index (χ0) is 14.7. The van der Waals surface area contributed by atoms with Crippen molar-refractivity contribution in [2.24, 2.45) is 5.73 Å². The van der Waals surface area contributed by atoms with Crippen molar-refractivity contribution in [3.05, 3.63) is 41.2 Å². The Hall–Kier alpha value is -2.21. The molecular formula is C14H19N5O. The predicted molar refractivity (Wildman–Crippen MR) is 77.2 cm³/mol. The first-order valence-electron chi connectivity index (χ1n) is 6.51. The molecule has 3 N–H and O–H groups in total. The van der Waals surface area contributed by atoms with Crippen molar-refractivity contribution in [3.8, 4) is 0 Å². The zero-order valence-corrected chi connectivity index (χ0v) is 11.9. The maximum Gasteiger partial charge on any atom is 0.249 e. The fraction of sp³-hybridized carbons (Fsp3) is 0.357. The summed E-state index contributed by atoms with van der Waals surface area (Å²) in [6.45, 7) is 5.96. The number of carbonyl (C=O) groups is 1. The van der Waals surface area contributed by atoms with Crippen LogP contribution >= 0.6 is 0 Å². The van der Waals surface area contributed by atoms with Gasteiger partial charge in [-0.05, 0) is 32.9 Å². The van der Waals surface area contributed by atoms with Crippen LogP contribution in [0.1, 0.15) is 29.9 Å². The van der Waals surface area contributed by atoms with E-state index < -0.39 is 6.04 Å². The van der Waals surface area contributed by atoms with Crippen molar-refractivity contribution in [2.75, 3.05) is 5.32 Å². The quantitative estimate of drug-likeness (QED) is 0.885. The van der Waals surface area contributed by atoms with Gasteiger partial charge in [-0.3, -0.25) is 4.79 Å². The van der Waals surface area contributed by atoms with Crippen LogP contribution in [0.25, 0.3) is 0 Å². The molecule has 6 heteroatoms. The number of hydrogen-bond acceptors (Lipinski definition) is 4. The van der Waals surface area contributed by atoms with Gasteiger partial charge in [0.15, 0.2) is 0 Å². The fourth-order valence-electron chi connectivity index (χ4n) is 1.92. The van der Waals surface area contributed by atoms with E-state index >= 15 is 0 Å². The highest BCUT2D eigenvalue weighted by molar-refractivity contribution is 5.93. The lowest BCUT2D eigenvalue weighted by atomic mass is 10.2. The van der Waals surface area contributed by atoms with Crippen LogP contribution < -0.4 is 11.1 Å². The molecule has 0 fully saturated rings. The smallest absolute Gasteiger partial charge is 0.249 e. The highest BCUT2D eigenvalue weighted by Gasteiger charge is 2.19. The number of aromatic nitrogens is 3. The van der Waals surface area contributed by atoms with Gasteiger partial charge in [0.25, 0.3) is 0 Å². The van der Waals surface area contributed by atoms with Gasteiger partial charge in [-0.15, -0.1) is 5.10 Å². The first kappa shape index (κ1) is 14.2. The largest absolute Gasteiger partial charge is 0.325 e. The minimum Gasteiger partial charge on any atom is -0.325 e. The van der Waals surface area contributed by atoms with Gasteiger partial charge in [-0.25, -0.2) is 4.68 Å². The topological polar surface area (TPSA) is 85.8 Å². The molecule has 6 nitrogen and oxygen atoms in total. The Labute approximate surface area is 118 Å². The van der Waals surface area contributed by atoms with E-state index in [0.717, 1.165) is 16.9 Å². The van der Waals surface area contributed by atoms with Crippen LogP contribution in [-0.2, 0) is 11.3 Å². The van der Waals surface area contributed by atoms with E-state index in [1.807, 2.05) is 38.1 Å². The average molecular weight is 273 g/mol. The molecule has 1 atom stereocenters. The minimum atomic E-state index is -0.441. The summed E-state index contributed by atoms with van der Waals surface area (Å²) in [4.78, 5) is 12.2. The number of nitrogens with two attached hydrogens (primary N) is 1. The van der Waals surface area contributed by atoms with Crippen LogP contribution in [0.2, 0.25) is 0 Å². The van der Waals surface area contributed by atoms with Crippen LogP contribution in [0.15, 0.2) is 24.3 Å². The van der Waals surface area contributed by atoms with Gasteiger partial charge in [0, 0.05) is 12.2 Å². The van der Waals surface area contributed by atoms with Crippen molar-refractivity contribution < 1.29 is 4.79 Å². The van der Waals surface area contributed by atoms with Crippen molar-refractivity contribution in [1.29, 1.82) is 0 Å². The number of amides is 1. The standard InChI is InChI=1S/C14H19N5O/c1-9-4-6-12(7-5-9)16-14(20)11(3)19-10(2)13(8-15)17-18-19/h4-7,11H,8,15H2,1-3H3,(H,16,20). The first-order chi connectivity index (χ1) is 9.52. The lowest BCUT2D eigenvalue weighted by Gasteiger charge is -2.14. The molecule has 0 aliphatic carbocycles. The van der Waals surface area contributed by atoms with Gasteiger partial charge in [0.05, 0.1) is 11.4 Å². The minimum absolute atomic E-state index is 0.134. The molecule has 106 valence electrons. The molecule has 0 aliphatic heterocycles. The average Bonchev–Trinajstić information content (AvgIpc) is 2.81. The number of hydrogen-bond donors (Lipinski definition) is 2. The molecule has 20 heavy (non-hydrogen) atoms. The Kier molecular flexibility index (Phi) is 4.14. The van der Waals surface area contributed by atoms with Crippen molar-refractivity contribution in [2.45, 2.75) is 33.4 Å². The third kappa shape index (κ3) is 2.85. The van der Waals surface area contributed by atoms with Crippen molar-refractivity contribution in [3.63, 3.8) is 0 Å². The number of benzene rings is 1. The fourth-order valence-corrected chi connectivity index (χ4v) is 1.92. The Morgan fingerprint density at radius 2 is 2.00 bits per heavy atom. The molecule has 0 aliphatic rings. The first-order valence-corrected chi connectivity index (χ1v) is 6.51. The molecule has 0 saturated heterocycles. The van der Waals surface area contributed by atoms with E-state index in [0.29, 0.717) is 12.2 Å². The Morgan fingerprint density at radius 1 is 1.35 bits per heavy atom. The van der Waals surface area contributed by atoms with Gasteiger partial charge < -0.3 is 11.1 Å². The molecule has 0 radical (unpaired) electrons. The van der Waals surface area contributed by atoms with Gasteiger partial charge >= 0.3 is 0 Å². The third-order valence-corrected chi connectivity index (χ3v) is 3.28. The van der Waals surface area contributed by atoms with Crippen LogP contribution in [0.3, 0.4) is 0 Å². The predicted octanol–water partition coefficient (Wildman–Crippen LogP) is 1.55. The number of carbonyl (C=O) groups excluding carboxylic acids is 1. The number of anilines is 1. The van der Waals surface area contributed by atoms with Gasteiger partial charge in [0.1, 0.15) is 6.04 Å². The zero-order valence-electron chi connectivity index (χ0n) is 11.9. The molecule has 1 heterocycles. The maximum absolute atomic E-state index is 12.2. The third-order valence-electron chi connectivity index (χ3n) is 3.28. The normalized spacial score (nSPS) is 12.2. The maximum atomic E-state index is 12.2. The summed E-state index contributed by atoms with van der Waals surface area (Å²) in [6.07, 6.45) is 0. The Bertz CT molecular complexity index is 603. The molecule has 1 unspecified atom stereocenters. The number of nitrogens with one attached hydrogen (secondary N) is 1. The number of rotatable bonds is 4. The summed E-state index contributed by atoms with van der Waals surface area (Å²) in [5, 5.41) is 10.8. The van der Waals surface area contributed by atoms with E-state index in [2.05, 4.69) is 15.6 Å². The molecule has 2 aromatic rings. The molecule has 0 bridgehead atoms. The summed E-state index contributed by atoms with van der Waals surface area (Å²) < 4.78 is 1.59. The van der Waals surface area contributed by atoms with E-state index in [1.165, 1.54) is 0 Å². The monoisotopic (exact) mass is 273 g/mol. The van der Waals surface area contributed by atoms with Gasteiger partial charge in [-0.2, -0.15) is 0 Å². The Morgan fingerprint density at radius 3 is 2.55 bits per heavy atom. The van der Waals surface area contributed by atoms with Crippen molar-refractivity contribution >= 4 is 11.6 Å². The molecule has 0 saturated carbocycles. The van der Waals surface area contributed by atoms with E-state index in [-0.39, 0.29) is 5.91 Å². The Balaban J connectivity index is 2.12. The molecule has 1 aromatic heterocycles. The summed E-state index contributed by atoms with van der Waals surface area (Å²) in [7, 11) is 0. The number of nitrogens with zero attached hydrogens (tertiary/aromatic N) is 3. The van der Waals surface area contributed by atoms with Crippen LogP contribution in [-0.4, -0.2) is 20.9 Å². The van der Waals surface area contributed by atoms with E-state index in [9.17, 15) is 4.79 Å². The molecule has 0 spiro atoms. The van der Waals surface area contributed by atoms with Crippen LogP contribution in [0.4, 0.5) is 5.69 Å². The molecule has 2 rings (SSSR count). The van der Waals surface area contributed by atoms with Crippen molar-refractivity contribution in [1.82, 2.24) is 15.0 Å². The summed E-state index contributed by atoms with van der Waals surface area (Å²) in [6, 6.07) is 7.21. The molecular weight excluding hydrogens is 254 g/mol. The lowest BCUT2D eigenvalue weighted by molar-refractivity contribution is -0.119. The highest BCUT2D eigenvalue weighted by Crippen LogP contribution is 2.14. The van der Waals surface area contributed by atoms with Crippen LogP contribution in [0.5, 0.6) is 0 Å². The molecule has 1 aromatic carbocycles. The number of aryl methyl sites for hydroxylation is 1. The van der Waals surface area contributed by atoms with E-state index in [1.54, 1.807) is 11.6 Å². The highest BCUT2D eigenvalue weighted by atomic mass is 16.2. The lowest BCUT2D eigenvalue weighted by Crippen LogP contribution is -2.25. The second-order valence-electron chi connectivity index (χ2n) is 4.80. The summed E-state index contributed by atoms with van der Waals surface area (Å²) >= 11 is 0. The SMILES string of the molecule is Cc1ccc(NC(=O)C(C)n2nnc(CN)c2C)cc1. The summed E-state index contributed by atoms with van der Waals surface area (Å²) in [5.41, 5.74) is 9.01.